The van der Waals surface area contributed by atoms with E-state index in [0.717, 1.165) is 21.1 Å². The van der Waals surface area contributed by atoms with Gasteiger partial charge in [0.05, 0.1) is 17.3 Å². The highest BCUT2D eigenvalue weighted by Gasteiger charge is 2.13. The second-order valence-electron chi connectivity index (χ2n) is 5.63. The number of hydrogen-bond donors (Lipinski definition) is 0. The summed E-state index contributed by atoms with van der Waals surface area (Å²) in [6, 6.07) is 13.1. The number of halogens is 1. The summed E-state index contributed by atoms with van der Waals surface area (Å²) in [5.74, 6) is -0.743. The van der Waals surface area contributed by atoms with Crippen LogP contribution in [0.25, 0.3) is 10.2 Å². The summed E-state index contributed by atoms with van der Waals surface area (Å²) in [6.07, 6.45) is 0.911. The monoisotopic (exact) mass is 432 g/mol. The molecule has 0 N–H and O–H groups in total. The zero-order valence-corrected chi connectivity index (χ0v) is 16.8. The molecule has 0 aliphatic heterocycles. The molecule has 0 saturated carbocycles. The van der Waals surface area contributed by atoms with Gasteiger partial charge in [0.1, 0.15) is 6.54 Å². The smallest absolute Gasteiger partial charge is 0.325 e. The minimum Gasteiger partial charge on any atom is -0.468 e. The first-order valence-corrected chi connectivity index (χ1v) is 9.66. The minimum atomic E-state index is -0.388. The van der Waals surface area contributed by atoms with E-state index >= 15 is 0 Å². The van der Waals surface area contributed by atoms with Crippen LogP contribution >= 0.6 is 27.3 Å². The summed E-state index contributed by atoms with van der Waals surface area (Å²) in [7, 11) is 1.34. The molecule has 0 radical (unpaired) electrons. The van der Waals surface area contributed by atoms with Crippen LogP contribution in [0.15, 0.2) is 51.9 Å². The van der Waals surface area contributed by atoms with Crippen LogP contribution in [-0.4, -0.2) is 23.6 Å². The molecule has 0 atom stereocenters. The average molecular weight is 433 g/mol. The maximum Gasteiger partial charge on any atom is 0.325 e. The van der Waals surface area contributed by atoms with E-state index in [9.17, 15) is 9.59 Å². The molecule has 26 heavy (non-hydrogen) atoms. The zero-order chi connectivity index (χ0) is 18.7. The number of benzene rings is 2. The fraction of sp³-hybridized carbons (Fsp3) is 0.211. The molecule has 7 heteroatoms. The van der Waals surface area contributed by atoms with E-state index in [1.54, 1.807) is 22.8 Å². The number of aromatic nitrogens is 1. The first-order valence-electron chi connectivity index (χ1n) is 8.05. The molecule has 2 aromatic carbocycles. The lowest BCUT2D eigenvalue weighted by atomic mass is 10.2. The minimum absolute atomic E-state index is 0.00652. The summed E-state index contributed by atoms with van der Waals surface area (Å²) < 4.78 is 8.30. The number of hydrogen-bond acceptors (Lipinski definition) is 4. The van der Waals surface area contributed by atoms with Crippen LogP contribution in [0, 0.1) is 0 Å². The summed E-state index contributed by atoms with van der Waals surface area (Å²) >= 11 is 4.75. The van der Waals surface area contributed by atoms with E-state index in [1.165, 1.54) is 24.0 Å². The number of esters is 1. The lowest BCUT2D eigenvalue weighted by Crippen LogP contribution is -2.22. The Kier molecular flexibility index (Phi) is 5.68. The number of methoxy groups -OCH3 is 1. The van der Waals surface area contributed by atoms with Crippen LogP contribution in [0.4, 0.5) is 0 Å². The van der Waals surface area contributed by atoms with Gasteiger partial charge in [-0.3, -0.25) is 9.59 Å². The molecule has 0 aliphatic carbocycles. The molecule has 0 aliphatic rings. The van der Waals surface area contributed by atoms with Crippen LogP contribution < -0.4 is 4.80 Å². The van der Waals surface area contributed by atoms with Crippen LogP contribution in [0.5, 0.6) is 0 Å². The lowest BCUT2D eigenvalue weighted by Gasteiger charge is -2.04. The van der Waals surface area contributed by atoms with E-state index in [4.69, 9.17) is 4.74 Å². The summed E-state index contributed by atoms with van der Waals surface area (Å²) in [5, 5.41) is 0. The molecule has 0 bridgehead atoms. The van der Waals surface area contributed by atoms with E-state index in [-0.39, 0.29) is 18.4 Å². The van der Waals surface area contributed by atoms with Crippen LogP contribution in [0.1, 0.15) is 22.8 Å². The van der Waals surface area contributed by atoms with Gasteiger partial charge in [-0.05, 0) is 42.3 Å². The molecule has 3 aromatic rings. The lowest BCUT2D eigenvalue weighted by molar-refractivity contribution is -0.141. The number of carbonyl (C=O) groups excluding carboxylic acids is 2. The third kappa shape index (κ3) is 3.94. The Morgan fingerprint density at radius 2 is 2.04 bits per heavy atom. The molecule has 1 aromatic heterocycles. The number of ether oxygens (including phenoxy) is 1. The Hall–Kier alpha value is -2.25. The Bertz CT molecular complexity index is 1050. The van der Waals surface area contributed by atoms with Crippen molar-refractivity contribution in [1.29, 1.82) is 0 Å². The van der Waals surface area contributed by atoms with Crippen molar-refractivity contribution in [2.45, 2.75) is 19.9 Å². The van der Waals surface area contributed by atoms with Gasteiger partial charge in [0.2, 0.25) is 0 Å². The number of thiazole rings is 1. The molecular formula is C19H17BrN2O3S. The second-order valence-corrected chi connectivity index (χ2v) is 7.55. The van der Waals surface area contributed by atoms with Crippen LogP contribution in [0.2, 0.25) is 0 Å². The standard InChI is InChI=1S/C19H17BrN2O3S/c1-3-12-7-8-15-16(9-12)26-19(22(15)11-17(23)25-2)21-18(24)13-5-4-6-14(20)10-13/h4-10H,3,11H2,1-2H3. The van der Waals surface area contributed by atoms with Gasteiger partial charge in [-0.2, -0.15) is 4.99 Å². The zero-order valence-electron chi connectivity index (χ0n) is 14.4. The van der Waals surface area contributed by atoms with Crippen molar-refractivity contribution in [2.24, 2.45) is 4.99 Å². The molecule has 134 valence electrons. The highest BCUT2D eigenvalue weighted by atomic mass is 79.9. The Balaban J connectivity index is 2.14. The van der Waals surface area contributed by atoms with Gasteiger partial charge in [0.25, 0.3) is 5.91 Å². The van der Waals surface area contributed by atoms with Crippen molar-refractivity contribution < 1.29 is 14.3 Å². The second kappa shape index (κ2) is 7.97. The number of rotatable bonds is 4. The van der Waals surface area contributed by atoms with E-state index in [0.29, 0.717) is 10.4 Å². The van der Waals surface area contributed by atoms with Crippen molar-refractivity contribution in [3.8, 4) is 0 Å². The van der Waals surface area contributed by atoms with Crippen LogP contribution in [0.3, 0.4) is 0 Å². The van der Waals surface area contributed by atoms with Gasteiger partial charge in [-0.25, -0.2) is 0 Å². The topological polar surface area (TPSA) is 60.7 Å². The molecule has 0 unspecified atom stereocenters. The van der Waals surface area contributed by atoms with Gasteiger partial charge in [0, 0.05) is 10.0 Å². The summed E-state index contributed by atoms with van der Waals surface area (Å²) in [5.41, 5.74) is 2.53. The Morgan fingerprint density at radius 3 is 2.73 bits per heavy atom. The normalized spacial score (nSPS) is 11.7. The summed E-state index contributed by atoms with van der Waals surface area (Å²) in [4.78, 5) is 29.1. The SMILES string of the molecule is CCc1ccc2c(c1)sc(=NC(=O)c1cccc(Br)c1)n2CC(=O)OC. The van der Waals surface area contributed by atoms with Gasteiger partial charge >= 0.3 is 5.97 Å². The van der Waals surface area contributed by atoms with Crippen molar-refractivity contribution in [2.75, 3.05) is 7.11 Å². The molecule has 0 saturated heterocycles. The molecule has 0 spiro atoms. The molecular weight excluding hydrogens is 416 g/mol. The molecule has 0 fully saturated rings. The molecule has 1 heterocycles. The molecule has 1 amide bonds. The van der Waals surface area contributed by atoms with Crippen molar-refractivity contribution in [3.05, 3.63) is 62.9 Å². The highest BCUT2D eigenvalue weighted by Crippen LogP contribution is 2.20. The third-order valence-electron chi connectivity index (χ3n) is 3.94. The quantitative estimate of drug-likeness (QED) is 0.586. The first-order chi connectivity index (χ1) is 12.5. The maximum atomic E-state index is 12.6. The summed E-state index contributed by atoms with van der Waals surface area (Å²) in [6.45, 7) is 2.09. The van der Waals surface area contributed by atoms with E-state index in [2.05, 4.69) is 33.9 Å². The first kappa shape index (κ1) is 18.5. The number of aryl methyl sites for hydroxylation is 1. The van der Waals surface area contributed by atoms with Crippen LogP contribution in [-0.2, 0) is 22.5 Å². The van der Waals surface area contributed by atoms with Gasteiger partial charge in [-0.1, -0.05) is 46.3 Å². The fourth-order valence-corrected chi connectivity index (χ4v) is 4.03. The number of fused-ring (bicyclic) bond motifs is 1. The predicted octanol–water partition coefficient (Wildman–Crippen LogP) is 3.94. The maximum absolute atomic E-state index is 12.6. The third-order valence-corrected chi connectivity index (χ3v) is 5.47. The number of nitrogens with zero attached hydrogens (tertiary/aromatic N) is 2. The highest BCUT2D eigenvalue weighted by molar-refractivity contribution is 9.10. The molecule has 3 rings (SSSR count). The number of amides is 1. The van der Waals surface area contributed by atoms with Crippen molar-refractivity contribution in [3.63, 3.8) is 0 Å². The van der Waals surface area contributed by atoms with Gasteiger partial charge in [0.15, 0.2) is 4.80 Å². The number of carbonyl (C=O) groups is 2. The van der Waals surface area contributed by atoms with Gasteiger partial charge in [-0.15, -0.1) is 0 Å². The van der Waals surface area contributed by atoms with Crippen molar-refractivity contribution >= 4 is 49.4 Å². The van der Waals surface area contributed by atoms with E-state index in [1.807, 2.05) is 18.2 Å². The molecule has 5 nitrogen and oxygen atoms in total. The van der Waals surface area contributed by atoms with Gasteiger partial charge < -0.3 is 9.30 Å². The largest absolute Gasteiger partial charge is 0.468 e. The van der Waals surface area contributed by atoms with E-state index < -0.39 is 0 Å². The Morgan fingerprint density at radius 1 is 1.23 bits per heavy atom. The predicted molar refractivity (Wildman–Crippen MR) is 105 cm³/mol. The van der Waals surface area contributed by atoms with Crippen molar-refractivity contribution in [1.82, 2.24) is 4.57 Å². The Labute approximate surface area is 163 Å². The fourth-order valence-electron chi connectivity index (χ4n) is 2.54. The average Bonchev–Trinajstić information content (AvgIpc) is 2.97.